The largest absolute Gasteiger partial charge is 0.465 e. The number of carbonyl (C=O) groups excluding carboxylic acids is 3. The van der Waals surface area contributed by atoms with E-state index in [0.29, 0.717) is 43.7 Å². The van der Waals surface area contributed by atoms with Gasteiger partial charge in [0, 0.05) is 49.6 Å². The number of hydrogen-bond acceptors (Lipinski definition) is 4. The third kappa shape index (κ3) is 9.12. The lowest BCUT2D eigenvalue weighted by Crippen LogP contribution is -2.51. The Kier molecular flexibility index (Phi) is 12.1. The van der Waals surface area contributed by atoms with Crippen molar-refractivity contribution in [3.8, 4) is 0 Å². The van der Waals surface area contributed by atoms with Crippen LogP contribution in [-0.2, 0) is 16.0 Å². The number of ether oxygens (including phenoxy) is 1. The molecule has 3 aromatic rings. The van der Waals surface area contributed by atoms with Crippen LogP contribution < -0.4 is 0 Å². The smallest absolute Gasteiger partial charge is 0.305 e. The standard InChI is InChI=1S/C42H50N2O4/c1-3-23-41(25-14-28-43(32-41)39(46)36-17-10-6-11-18-36)27-22-38(45)48-31-35-29-42(24-4-2,26-21-34-15-8-5-9-16-34)33-44(30-35)40(47)37-19-12-7-13-20-37/h3-13,15-20,35H,1-2,14,21-33H2/t35?,41-,42+/m1/s1. The minimum Gasteiger partial charge on any atom is -0.465 e. The highest BCUT2D eigenvalue weighted by molar-refractivity contribution is 5.94. The van der Waals surface area contributed by atoms with Crippen LogP contribution in [0.5, 0.6) is 0 Å². The molecule has 0 N–H and O–H groups in total. The highest BCUT2D eigenvalue weighted by Crippen LogP contribution is 2.42. The van der Waals surface area contributed by atoms with Crippen LogP contribution in [-0.4, -0.2) is 60.4 Å². The summed E-state index contributed by atoms with van der Waals surface area (Å²) in [5.41, 5.74) is 2.27. The van der Waals surface area contributed by atoms with E-state index >= 15 is 0 Å². The Bertz CT molecular complexity index is 1520. The zero-order chi connectivity index (χ0) is 33.8. The van der Waals surface area contributed by atoms with E-state index in [1.165, 1.54) is 5.56 Å². The fourth-order valence-corrected chi connectivity index (χ4v) is 7.92. The SMILES string of the molecule is C=CC[C@]1(CCC(=O)OCC2CN(C(=O)c3ccccc3)C[C@@](CC=C)(CCc3ccccc3)C2)CCCN(C(=O)c2ccccc2)C1. The van der Waals surface area contributed by atoms with E-state index in [0.717, 1.165) is 44.9 Å². The lowest BCUT2D eigenvalue weighted by Gasteiger charge is -2.46. The Morgan fingerprint density at radius 2 is 1.31 bits per heavy atom. The Labute approximate surface area is 286 Å². The molecule has 3 atom stereocenters. The molecule has 0 spiro atoms. The van der Waals surface area contributed by atoms with E-state index in [2.05, 4.69) is 37.4 Å². The molecule has 2 amide bonds. The molecule has 6 nitrogen and oxygen atoms in total. The third-order valence-electron chi connectivity index (χ3n) is 10.3. The van der Waals surface area contributed by atoms with Crippen LogP contribution in [0.25, 0.3) is 0 Å². The first-order chi connectivity index (χ1) is 23.3. The van der Waals surface area contributed by atoms with Crippen molar-refractivity contribution in [3.05, 3.63) is 133 Å². The normalized spacial score (nSPS) is 22.5. The Morgan fingerprint density at radius 3 is 1.94 bits per heavy atom. The fraction of sp³-hybridized carbons (Fsp3) is 0.405. The van der Waals surface area contributed by atoms with Gasteiger partial charge in [0.05, 0.1) is 6.61 Å². The van der Waals surface area contributed by atoms with E-state index in [1.807, 2.05) is 88.7 Å². The molecule has 6 heteroatoms. The number of esters is 1. The van der Waals surface area contributed by atoms with E-state index in [1.54, 1.807) is 0 Å². The zero-order valence-electron chi connectivity index (χ0n) is 28.2. The summed E-state index contributed by atoms with van der Waals surface area (Å²) in [6, 6.07) is 29.3. The number of rotatable bonds is 14. The van der Waals surface area contributed by atoms with E-state index in [4.69, 9.17) is 4.74 Å². The van der Waals surface area contributed by atoms with Crippen molar-refractivity contribution in [1.29, 1.82) is 0 Å². The Morgan fingerprint density at radius 1 is 0.750 bits per heavy atom. The van der Waals surface area contributed by atoms with Crippen molar-refractivity contribution in [2.24, 2.45) is 16.7 Å². The molecule has 5 rings (SSSR count). The molecule has 0 radical (unpaired) electrons. The van der Waals surface area contributed by atoms with Gasteiger partial charge in [0.1, 0.15) is 0 Å². The molecule has 2 aliphatic heterocycles. The van der Waals surface area contributed by atoms with E-state index in [-0.39, 0.29) is 47.6 Å². The highest BCUT2D eigenvalue weighted by atomic mass is 16.5. The van der Waals surface area contributed by atoms with Gasteiger partial charge in [-0.25, -0.2) is 0 Å². The van der Waals surface area contributed by atoms with Crippen molar-refractivity contribution in [2.45, 2.75) is 57.8 Å². The summed E-state index contributed by atoms with van der Waals surface area (Å²) in [6.45, 7) is 10.9. The summed E-state index contributed by atoms with van der Waals surface area (Å²) in [5, 5.41) is 0. The summed E-state index contributed by atoms with van der Waals surface area (Å²) in [6.07, 6.45) is 10.8. The topological polar surface area (TPSA) is 66.9 Å². The molecular weight excluding hydrogens is 596 g/mol. The number of benzene rings is 3. The van der Waals surface area contributed by atoms with E-state index in [9.17, 15) is 14.4 Å². The van der Waals surface area contributed by atoms with Gasteiger partial charge in [-0.1, -0.05) is 78.9 Å². The summed E-state index contributed by atoms with van der Waals surface area (Å²) in [4.78, 5) is 44.2. The number of likely N-dealkylation sites (tertiary alicyclic amines) is 2. The average Bonchev–Trinajstić information content (AvgIpc) is 3.13. The molecule has 3 aromatic carbocycles. The average molecular weight is 647 g/mol. The van der Waals surface area contributed by atoms with Crippen LogP contribution in [0.3, 0.4) is 0 Å². The second-order valence-corrected chi connectivity index (χ2v) is 14.0. The quantitative estimate of drug-likeness (QED) is 0.131. The van der Waals surface area contributed by atoms with Crippen LogP contribution in [0.4, 0.5) is 0 Å². The minimum absolute atomic E-state index is 0.0121. The number of amides is 2. The maximum Gasteiger partial charge on any atom is 0.305 e. The van der Waals surface area contributed by atoms with Gasteiger partial charge in [0.2, 0.25) is 0 Å². The fourth-order valence-electron chi connectivity index (χ4n) is 7.92. The van der Waals surface area contributed by atoms with Crippen molar-refractivity contribution in [2.75, 3.05) is 32.8 Å². The van der Waals surface area contributed by atoms with Gasteiger partial charge in [-0.3, -0.25) is 14.4 Å². The van der Waals surface area contributed by atoms with Gasteiger partial charge < -0.3 is 14.5 Å². The number of allylic oxidation sites excluding steroid dienone is 2. The van der Waals surface area contributed by atoms with Crippen molar-refractivity contribution in [3.63, 3.8) is 0 Å². The van der Waals surface area contributed by atoms with Crippen LogP contribution >= 0.6 is 0 Å². The maximum atomic E-state index is 13.7. The predicted octanol–water partition coefficient (Wildman–Crippen LogP) is 8.17. The minimum atomic E-state index is -0.227. The lowest BCUT2D eigenvalue weighted by molar-refractivity contribution is -0.147. The van der Waals surface area contributed by atoms with Gasteiger partial charge in [0.15, 0.2) is 0 Å². The first kappa shape index (κ1) is 34.9. The molecule has 2 saturated heterocycles. The number of piperidine rings is 2. The van der Waals surface area contributed by atoms with Gasteiger partial charge in [-0.15, -0.1) is 13.2 Å². The molecule has 48 heavy (non-hydrogen) atoms. The van der Waals surface area contributed by atoms with Gasteiger partial charge in [0.25, 0.3) is 11.8 Å². The van der Waals surface area contributed by atoms with Gasteiger partial charge >= 0.3 is 5.97 Å². The molecule has 0 aromatic heterocycles. The number of aryl methyl sites for hydroxylation is 1. The molecule has 1 unspecified atom stereocenters. The second-order valence-electron chi connectivity index (χ2n) is 14.0. The Hall–Kier alpha value is -4.45. The monoisotopic (exact) mass is 646 g/mol. The molecule has 2 fully saturated rings. The zero-order valence-corrected chi connectivity index (χ0v) is 28.2. The number of carbonyl (C=O) groups is 3. The summed E-state index contributed by atoms with van der Waals surface area (Å²) >= 11 is 0. The molecule has 0 aliphatic carbocycles. The summed E-state index contributed by atoms with van der Waals surface area (Å²) in [5.74, 6) is -0.163. The Balaban J connectivity index is 1.24. The molecule has 2 heterocycles. The van der Waals surface area contributed by atoms with Crippen LogP contribution in [0.2, 0.25) is 0 Å². The van der Waals surface area contributed by atoms with Crippen molar-refractivity contribution < 1.29 is 19.1 Å². The van der Waals surface area contributed by atoms with Crippen molar-refractivity contribution >= 4 is 17.8 Å². The predicted molar refractivity (Wildman–Crippen MR) is 191 cm³/mol. The van der Waals surface area contributed by atoms with Crippen LogP contribution in [0.15, 0.2) is 116 Å². The lowest BCUT2D eigenvalue weighted by atomic mass is 9.69. The van der Waals surface area contributed by atoms with E-state index < -0.39 is 0 Å². The first-order valence-corrected chi connectivity index (χ1v) is 17.4. The van der Waals surface area contributed by atoms with Gasteiger partial charge in [-0.2, -0.15) is 0 Å². The highest BCUT2D eigenvalue weighted by Gasteiger charge is 2.41. The van der Waals surface area contributed by atoms with Gasteiger partial charge in [-0.05, 0) is 92.0 Å². The third-order valence-corrected chi connectivity index (χ3v) is 10.3. The maximum absolute atomic E-state index is 13.7. The number of nitrogens with zero attached hydrogens (tertiary/aromatic N) is 2. The van der Waals surface area contributed by atoms with Crippen LogP contribution in [0.1, 0.15) is 77.6 Å². The second kappa shape index (κ2) is 16.6. The summed E-state index contributed by atoms with van der Waals surface area (Å²) < 4.78 is 6.00. The van der Waals surface area contributed by atoms with Crippen molar-refractivity contribution in [1.82, 2.24) is 9.80 Å². The van der Waals surface area contributed by atoms with Crippen LogP contribution in [0, 0.1) is 16.7 Å². The molecule has 252 valence electrons. The summed E-state index contributed by atoms with van der Waals surface area (Å²) in [7, 11) is 0. The molecular formula is C42H50N2O4. The molecule has 0 saturated carbocycles. The number of hydrogen-bond donors (Lipinski definition) is 0. The first-order valence-electron chi connectivity index (χ1n) is 17.4. The molecule has 2 aliphatic rings. The molecule has 0 bridgehead atoms.